The van der Waals surface area contributed by atoms with Crippen LogP contribution in [0.4, 0.5) is 0 Å². The first-order valence-corrected chi connectivity index (χ1v) is 10.1. The maximum absolute atomic E-state index is 11.8. The predicted octanol–water partition coefficient (Wildman–Crippen LogP) is 1.72. The van der Waals surface area contributed by atoms with E-state index in [4.69, 9.17) is 0 Å². The molecule has 1 atom stereocenters. The molecule has 0 radical (unpaired) electrons. The summed E-state index contributed by atoms with van der Waals surface area (Å²) in [7, 11) is -3.21. The van der Waals surface area contributed by atoms with Crippen LogP contribution in [0, 0.1) is 5.92 Å². The number of H-pyrrole nitrogens is 1. The van der Waals surface area contributed by atoms with Gasteiger partial charge in [-0.25, -0.2) is 8.42 Å². The van der Waals surface area contributed by atoms with E-state index in [1.54, 1.807) is 11.3 Å². The number of nitrogens with zero attached hydrogens (tertiary/aromatic N) is 3. The van der Waals surface area contributed by atoms with Crippen molar-refractivity contribution in [2.24, 2.45) is 5.92 Å². The van der Waals surface area contributed by atoms with E-state index in [2.05, 4.69) is 20.1 Å². The van der Waals surface area contributed by atoms with Crippen molar-refractivity contribution in [3.8, 4) is 0 Å². The summed E-state index contributed by atoms with van der Waals surface area (Å²) in [6.07, 6.45) is 7.58. The summed E-state index contributed by atoms with van der Waals surface area (Å²) in [6, 6.07) is 0. The molecule has 1 aliphatic heterocycles. The number of piperidine rings is 1. The van der Waals surface area contributed by atoms with E-state index in [9.17, 15) is 8.42 Å². The van der Waals surface area contributed by atoms with Gasteiger partial charge in [0.1, 0.15) is 4.90 Å². The minimum absolute atomic E-state index is 0.340. The van der Waals surface area contributed by atoms with Gasteiger partial charge in [-0.3, -0.25) is 15.0 Å². The van der Waals surface area contributed by atoms with Crippen LogP contribution in [0.3, 0.4) is 0 Å². The van der Waals surface area contributed by atoms with Crippen molar-refractivity contribution in [2.45, 2.75) is 30.7 Å². The lowest BCUT2D eigenvalue weighted by Gasteiger charge is -2.32. The molecule has 0 aromatic carbocycles. The number of aromatic amines is 1. The zero-order chi connectivity index (χ0) is 15.6. The van der Waals surface area contributed by atoms with Gasteiger partial charge in [0.2, 0.25) is 0 Å². The monoisotopic (exact) mass is 340 g/mol. The normalized spacial score (nSPS) is 20.3. The molecular weight excluding hydrogens is 320 g/mol. The summed E-state index contributed by atoms with van der Waals surface area (Å²) in [4.78, 5) is 8.16. The summed E-state index contributed by atoms with van der Waals surface area (Å²) in [5.74, 6) is 0.461. The molecule has 1 fully saturated rings. The second kappa shape index (κ2) is 6.47. The SMILES string of the molecule is CS(=O)(=O)c1cn[nH]c1CC1CCCN(Cc2cncs2)C1. The lowest BCUT2D eigenvalue weighted by Crippen LogP contribution is -2.35. The molecule has 0 saturated carbocycles. The molecule has 0 aliphatic carbocycles. The first-order valence-electron chi connectivity index (χ1n) is 7.34. The summed E-state index contributed by atoms with van der Waals surface area (Å²) in [5.41, 5.74) is 2.60. The highest BCUT2D eigenvalue weighted by Gasteiger charge is 2.24. The molecule has 0 bridgehead atoms. The molecule has 0 amide bonds. The molecule has 2 aromatic rings. The Morgan fingerprint density at radius 1 is 1.45 bits per heavy atom. The minimum atomic E-state index is -3.21. The van der Waals surface area contributed by atoms with Crippen LogP contribution in [-0.2, 0) is 22.8 Å². The third kappa shape index (κ3) is 3.74. The molecule has 1 aliphatic rings. The van der Waals surface area contributed by atoms with Crippen molar-refractivity contribution in [3.05, 3.63) is 28.5 Å². The smallest absolute Gasteiger partial charge is 0.178 e. The van der Waals surface area contributed by atoms with Gasteiger partial charge in [-0.2, -0.15) is 5.10 Å². The van der Waals surface area contributed by atoms with Crippen LogP contribution in [0.5, 0.6) is 0 Å². The number of aromatic nitrogens is 3. The number of likely N-dealkylation sites (tertiary alicyclic amines) is 1. The van der Waals surface area contributed by atoms with Gasteiger partial charge in [0.25, 0.3) is 0 Å². The second-order valence-electron chi connectivity index (χ2n) is 5.90. The van der Waals surface area contributed by atoms with Crippen LogP contribution in [0.2, 0.25) is 0 Å². The highest BCUT2D eigenvalue weighted by atomic mass is 32.2. The Labute approximate surface area is 134 Å². The van der Waals surface area contributed by atoms with Crippen molar-refractivity contribution in [1.29, 1.82) is 0 Å². The van der Waals surface area contributed by atoms with Crippen LogP contribution >= 0.6 is 11.3 Å². The van der Waals surface area contributed by atoms with E-state index in [0.717, 1.165) is 44.6 Å². The Morgan fingerprint density at radius 3 is 3.05 bits per heavy atom. The van der Waals surface area contributed by atoms with E-state index in [1.807, 2.05) is 11.7 Å². The molecule has 1 unspecified atom stereocenters. The van der Waals surface area contributed by atoms with Crippen molar-refractivity contribution < 1.29 is 8.42 Å². The van der Waals surface area contributed by atoms with E-state index in [0.29, 0.717) is 10.8 Å². The summed E-state index contributed by atoms with van der Waals surface area (Å²) >= 11 is 1.68. The Kier molecular flexibility index (Phi) is 4.60. The predicted molar refractivity (Wildman–Crippen MR) is 85.5 cm³/mol. The molecule has 1 saturated heterocycles. The van der Waals surface area contributed by atoms with Crippen molar-refractivity contribution in [3.63, 3.8) is 0 Å². The zero-order valence-corrected chi connectivity index (χ0v) is 14.2. The fourth-order valence-electron chi connectivity index (χ4n) is 3.06. The highest BCUT2D eigenvalue weighted by molar-refractivity contribution is 7.90. The third-order valence-electron chi connectivity index (χ3n) is 4.04. The largest absolute Gasteiger partial charge is 0.298 e. The van der Waals surface area contributed by atoms with E-state index in [1.165, 1.54) is 17.3 Å². The maximum Gasteiger partial charge on any atom is 0.178 e. The molecule has 6 nitrogen and oxygen atoms in total. The Hall–Kier alpha value is -1.25. The van der Waals surface area contributed by atoms with Gasteiger partial charge >= 0.3 is 0 Å². The van der Waals surface area contributed by atoms with Gasteiger partial charge in [0.05, 0.1) is 17.4 Å². The molecule has 2 aromatic heterocycles. The topological polar surface area (TPSA) is 79.0 Å². The molecule has 22 heavy (non-hydrogen) atoms. The average molecular weight is 340 g/mol. The van der Waals surface area contributed by atoms with Crippen LogP contribution in [0.1, 0.15) is 23.4 Å². The van der Waals surface area contributed by atoms with Crippen LogP contribution in [0.15, 0.2) is 22.8 Å². The summed E-state index contributed by atoms with van der Waals surface area (Å²) in [5, 5.41) is 6.77. The Morgan fingerprint density at radius 2 is 2.32 bits per heavy atom. The van der Waals surface area contributed by atoms with Crippen LogP contribution < -0.4 is 0 Å². The standard InChI is InChI=1S/C14H20N4O2S2/c1-22(19,20)14-7-16-17-13(14)5-11-3-2-4-18(8-11)9-12-6-15-10-21-12/h6-7,10-11H,2-5,8-9H2,1H3,(H,16,17). The number of sulfone groups is 1. The van der Waals surface area contributed by atoms with E-state index >= 15 is 0 Å². The van der Waals surface area contributed by atoms with Gasteiger partial charge in [-0.05, 0) is 31.7 Å². The lowest BCUT2D eigenvalue weighted by atomic mass is 9.93. The van der Waals surface area contributed by atoms with Crippen LogP contribution in [0.25, 0.3) is 0 Å². The van der Waals surface area contributed by atoms with Gasteiger partial charge in [-0.1, -0.05) is 0 Å². The number of rotatable bonds is 5. The van der Waals surface area contributed by atoms with Crippen molar-refractivity contribution in [2.75, 3.05) is 19.3 Å². The van der Waals surface area contributed by atoms with E-state index < -0.39 is 9.84 Å². The quantitative estimate of drug-likeness (QED) is 0.897. The summed E-state index contributed by atoms with van der Waals surface area (Å²) < 4.78 is 23.5. The molecule has 1 N–H and O–H groups in total. The van der Waals surface area contributed by atoms with Crippen molar-refractivity contribution in [1.82, 2.24) is 20.1 Å². The van der Waals surface area contributed by atoms with E-state index in [-0.39, 0.29) is 0 Å². The maximum atomic E-state index is 11.8. The molecule has 3 heterocycles. The molecule has 3 rings (SSSR count). The highest BCUT2D eigenvalue weighted by Crippen LogP contribution is 2.24. The second-order valence-corrected chi connectivity index (χ2v) is 8.86. The first kappa shape index (κ1) is 15.6. The third-order valence-corrected chi connectivity index (χ3v) is 5.95. The number of nitrogens with one attached hydrogen (secondary N) is 1. The molecular formula is C14H20N4O2S2. The summed E-state index contributed by atoms with van der Waals surface area (Å²) in [6.45, 7) is 3.01. The van der Waals surface area contributed by atoms with Crippen LogP contribution in [-0.4, -0.2) is 47.8 Å². The molecule has 120 valence electrons. The fourth-order valence-corrected chi connectivity index (χ4v) is 4.52. The number of hydrogen-bond donors (Lipinski definition) is 1. The average Bonchev–Trinajstić information content (AvgIpc) is 3.10. The van der Waals surface area contributed by atoms with Gasteiger partial charge in [0.15, 0.2) is 9.84 Å². The zero-order valence-electron chi connectivity index (χ0n) is 12.5. The molecule has 8 heteroatoms. The van der Waals surface area contributed by atoms with Gasteiger partial charge in [0, 0.05) is 30.4 Å². The molecule has 0 spiro atoms. The van der Waals surface area contributed by atoms with Gasteiger partial charge in [-0.15, -0.1) is 11.3 Å². The lowest BCUT2D eigenvalue weighted by molar-refractivity contribution is 0.167. The fraction of sp³-hybridized carbons (Fsp3) is 0.571. The van der Waals surface area contributed by atoms with Gasteiger partial charge < -0.3 is 0 Å². The Balaban J connectivity index is 1.64. The first-order chi connectivity index (χ1) is 10.5. The Bertz CT molecular complexity index is 709. The number of thiazole rings is 1. The van der Waals surface area contributed by atoms with Crippen molar-refractivity contribution >= 4 is 21.2 Å². The minimum Gasteiger partial charge on any atom is -0.298 e. The number of hydrogen-bond acceptors (Lipinski definition) is 6.